The number of rotatable bonds is 9. The molecular weight excluding hydrogens is 412 g/mol. The van der Waals surface area contributed by atoms with Crippen LogP contribution in [0.25, 0.3) is 11.1 Å². The van der Waals surface area contributed by atoms with Crippen LogP contribution in [0.1, 0.15) is 23.3 Å². The molecular formula is C24H30N2O4S. The molecule has 0 amide bonds. The van der Waals surface area contributed by atoms with E-state index in [2.05, 4.69) is 22.8 Å². The summed E-state index contributed by atoms with van der Waals surface area (Å²) in [6.07, 6.45) is 2.85. The van der Waals surface area contributed by atoms with Gasteiger partial charge in [-0.05, 0) is 91.8 Å². The summed E-state index contributed by atoms with van der Waals surface area (Å²) in [6, 6.07) is 10.2. The van der Waals surface area contributed by atoms with E-state index in [1.165, 1.54) is 0 Å². The normalized spacial score (nSPS) is 23.0. The van der Waals surface area contributed by atoms with Crippen molar-refractivity contribution >= 4 is 23.3 Å². The number of carboxylic acid groups (broad SMARTS) is 2. The highest BCUT2D eigenvalue weighted by atomic mass is 32.1. The average molecular weight is 443 g/mol. The molecule has 0 unspecified atom stereocenters. The van der Waals surface area contributed by atoms with Gasteiger partial charge in [0.05, 0.1) is 11.8 Å². The predicted octanol–water partition coefficient (Wildman–Crippen LogP) is 3.12. The van der Waals surface area contributed by atoms with Crippen LogP contribution in [0, 0.1) is 23.7 Å². The van der Waals surface area contributed by atoms with Crippen LogP contribution in [0.5, 0.6) is 0 Å². The van der Waals surface area contributed by atoms with Crippen molar-refractivity contribution in [1.29, 1.82) is 0 Å². The third-order valence-electron chi connectivity index (χ3n) is 6.81. The van der Waals surface area contributed by atoms with Crippen molar-refractivity contribution in [2.24, 2.45) is 23.7 Å². The summed E-state index contributed by atoms with van der Waals surface area (Å²) in [5.74, 6) is -1.91. The second-order valence-corrected chi connectivity index (χ2v) is 9.76. The molecule has 0 saturated carbocycles. The van der Waals surface area contributed by atoms with Crippen LogP contribution in [0.4, 0.5) is 0 Å². The van der Waals surface area contributed by atoms with E-state index in [0.717, 1.165) is 60.6 Å². The van der Waals surface area contributed by atoms with Crippen molar-refractivity contribution in [3.05, 3.63) is 46.2 Å². The topological polar surface area (TPSA) is 98.7 Å². The summed E-state index contributed by atoms with van der Waals surface area (Å²) in [7, 11) is 0. The fourth-order valence-electron chi connectivity index (χ4n) is 5.03. The number of carboxylic acids is 2. The van der Waals surface area contributed by atoms with E-state index in [1.54, 1.807) is 11.3 Å². The van der Waals surface area contributed by atoms with Gasteiger partial charge in [0.1, 0.15) is 0 Å². The fraction of sp³-hybridized carbons (Fsp3) is 0.500. The molecule has 4 atom stereocenters. The first-order chi connectivity index (χ1) is 15.0. The molecule has 4 rings (SSSR count). The van der Waals surface area contributed by atoms with Crippen LogP contribution in [0.2, 0.25) is 0 Å². The van der Waals surface area contributed by atoms with E-state index in [-0.39, 0.29) is 17.8 Å². The molecule has 6 nitrogen and oxygen atoms in total. The Morgan fingerprint density at radius 2 is 1.61 bits per heavy atom. The molecule has 7 heteroatoms. The Morgan fingerprint density at radius 1 is 0.968 bits per heavy atom. The quantitative estimate of drug-likeness (QED) is 0.476. The van der Waals surface area contributed by atoms with Gasteiger partial charge in [0.25, 0.3) is 0 Å². The molecule has 0 radical (unpaired) electrons. The summed E-state index contributed by atoms with van der Waals surface area (Å²) in [4.78, 5) is 24.9. The maximum Gasteiger partial charge on any atom is 0.307 e. The molecule has 0 spiro atoms. The van der Waals surface area contributed by atoms with E-state index in [9.17, 15) is 19.8 Å². The summed E-state index contributed by atoms with van der Waals surface area (Å²) < 4.78 is 0. The zero-order chi connectivity index (χ0) is 21.8. The van der Waals surface area contributed by atoms with Gasteiger partial charge in [-0.15, -0.1) is 11.3 Å². The Bertz CT molecular complexity index is 916. The lowest BCUT2D eigenvalue weighted by molar-refractivity contribution is -0.144. The molecule has 2 aliphatic rings. The third-order valence-corrected chi connectivity index (χ3v) is 7.76. The average Bonchev–Trinajstić information content (AvgIpc) is 3.52. The lowest BCUT2D eigenvalue weighted by Gasteiger charge is -2.20. The SMILES string of the molecule is O=C(O)[C@@H](Cc1cccc(-c2ccsc2C[C@H](C(=O)O)[C@H]2CCNC2)c1)[C@H]1CCNC1. The fourth-order valence-corrected chi connectivity index (χ4v) is 5.98. The molecule has 0 aliphatic carbocycles. The first-order valence-corrected chi connectivity index (χ1v) is 11.9. The van der Waals surface area contributed by atoms with Crippen molar-refractivity contribution in [2.45, 2.75) is 25.7 Å². The Hall–Kier alpha value is -2.22. The van der Waals surface area contributed by atoms with Gasteiger partial charge in [-0.25, -0.2) is 0 Å². The number of hydrogen-bond donors (Lipinski definition) is 4. The molecule has 31 heavy (non-hydrogen) atoms. The van der Waals surface area contributed by atoms with Crippen LogP contribution in [0.3, 0.4) is 0 Å². The Balaban J connectivity index is 1.54. The molecule has 3 heterocycles. The van der Waals surface area contributed by atoms with Gasteiger partial charge >= 0.3 is 11.9 Å². The second kappa shape index (κ2) is 9.94. The van der Waals surface area contributed by atoms with Crippen molar-refractivity contribution in [3.63, 3.8) is 0 Å². The summed E-state index contributed by atoms with van der Waals surface area (Å²) in [6.45, 7) is 3.29. The minimum absolute atomic E-state index is 0.161. The van der Waals surface area contributed by atoms with Gasteiger partial charge in [-0.2, -0.15) is 0 Å². The van der Waals surface area contributed by atoms with E-state index in [0.29, 0.717) is 12.8 Å². The highest BCUT2D eigenvalue weighted by Crippen LogP contribution is 2.34. The van der Waals surface area contributed by atoms with E-state index in [4.69, 9.17) is 0 Å². The Kier molecular flexibility index (Phi) is 7.05. The first kappa shape index (κ1) is 22.0. The van der Waals surface area contributed by atoms with Gasteiger partial charge in [0, 0.05) is 4.88 Å². The molecule has 1 aromatic carbocycles. The summed E-state index contributed by atoms with van der Waals surface area (Å²) in [5, 5.41) is 28.1. The van der Waals surface area contributed by atoms with Crippen LogP contribution in [-0.2, 0) is 22.4 Å². The number of hydrogen-bond acceptors (Lipinski definition) is 5. The van der Waals surface area contributed by atoms with Gasteiger partial charge in [-0.1, -0.05) is 24.3 Å². The highest BCUT2D eigenvalue weighted by Gasteiger charge is 2.32. The summed E-state index contributed by atoms with van der Waals surface area (Å²) >= 11 is 1.61. The molecule has 1 aromatic heterocycles. The minimum Gasteiger partial charge on any atom is -0.481 e. The van der Waals surface area contributed by atoms with Crippen LogP contribution in [-0.4, -0.2) is 48.3 Å². The second-order valence-electron chi connectivity index (χ2n) is 8.76. The standard InChI is InChI=1S/C24H30N2O4S/c27-23(28)20(17-4-7-25-13-17)11-15-2-1-3-16(10-15)19-6-9-31-22(19)12-21(24(29)30)18-5-8-26-14-18/h1-3,6,9-10,17-18,20-21,25-26H,4-5,7-8,11-14H2,(H,27,28)(H,29,30)/t17-,18-,20-,21-/m0/s1. The van der Waals surface area contributed by atoms with E-state index in [1.807, 2.05) is 23.6 Å². The number of aliphatic carboxylic acids is 2. The summed E-state index contributed by atoms with van der Waals surface area (Å²) in [5.41, 5.74) is 3.12. The predicted molar refractivity (Wildman–Crippen MR) is 121 cm³/mol. The number of nitrogens with one attached hydrogen (secondary N) is 2. The maximum absolute atomic E-state index is 11.9. The van der Waals surface area contributed by atoms with Crippen molar-refractivity contribution < 1.29 is 19.8 Å². The molecule has 2 aromatic rings. The molecule has 2 fully saturated rings. The lowest BCUT2D eigenvalue weighted by Crippen LogP contribution is -2.27. The highest BCUT2D eigenvalue weighted by molar-refractivity contribution is 7.10. The smallest absolute Gasteiger partial charge is 0.307 e. The molecule has 2 aliphatic heterocycles. The van der Waals surface area contributed by atoms with Crippen molar-refractivity contribution in [3.8, 4) is 11.1 Å². The Morgan fingerprint density at radius 3 is 2.19 bits per heavy atom. The monoisotopic (exact) mass is 442 g/mol. The number of thiophene rings is 1. The van der Waals surface area contributed by atoms with Crippen LogP contribution < -0.4 is 10.6 Å². The first-order valence-electron chi connectivity index (χ1n) is 11.1. The maximum atomic E-state index is 11.9. The van der Waals surface area contributed by atoms with E-state index >= 15 is 0 Å². The third kappa shape index (κ3) is 5.17. The molecule has 2 saturated heterocycles. The van der Waals surface area contributed by atoms with Crippen LogP contribution >= 0.6 is 11.3 Å². The number of carbonyl (C=O) groups is 2. The minimum atomic E-state index is -0.732. The van der Waals surface area contributed by atoms with Gasteiger partial charge in [-0.3, -0.25) is 9.59 Å². The van der Waals surface area contributed by atoms with Crippen molar-refractivity contribution in [1.82, 2.24) is 10.6 Å². The van der Waals surface area contributed by atoms with E-state index < -0.39 is 17.9 Å². The van der Waals surface area contributed by atoms with Crippen molar-refractivity contribution in [2.75, 3.05) is 26.2 Å². The van der Waals surface area contributed by atoms with Crippen LogP contribution in [0.15, 0.2) is 35.7 Å². The van der Waals surface area contributed by atoms with Gasteiger partial charge < -0.3 is 20.8 Å². The zero-order valence-corrected chi connectivity index (χ0v) is 18.4. The van der Waals surface area contributed by atoms with Gasteiger partial charge in [0.2, 0.25) is 0 Å². The molecule has 0 bridgehead atoms. The molecule has 4 N–H and O–H groups in total. The lowest BCUT2D eigenvalue weighted by atomic mass is 9.85. The zero-order valence-electron chi connectivity index (χ0n) is 17.5. The Labute approximate surface area is 186 Å². The number of benzene rings is 1. The van der Waals surface area contributed by atoms with Gasteiger partial charge in [0.15, 0.2) is 0 Å². The molecule has 166 valence electrons. The largest absolute Gasteiger partial charge is 0.481 e.